The first-order valence-electron chi connectivity index (χ1n) is 10.2. The molecule has 4 heterocycles. The zero-order chi connectivity index (χ0) is 22.2. The van der Waals surface area contributed by atoms with E-state index in [9.17, 15) is 13.6 Å². The summed E-state index contributed by atoms with van der Waals surface area (Å²) in [4.78, 5) is 22.7. The summed E-state index contributed by atoms with van der Waals surface area (Å²) in [6, 6.07) is 4.96. The molecule has 164 valence electrons. The van der Waals surface area contributed by atoms with E-state index in [-0.39, 0.29) is 24.3 Å². The zero-order valence-electron chi connectivity index (χ0n) is 17.1. The van der Waals surface area contributed by atoms with Crippen molar-refractivity contribution in [3.8, 4) is 11.4 Å². The minimum atomic E-state index is -0.603. The van der Waals surface area contributed by atoms with Gasteiger partial charge in [0, 0.05) is 18.3 Å². The molecule has 0 bridgehead atoms. The van der Waals surface area contributed by atoms with Crippen LogP contribution in [0.4, 0.5) is 14.6 Å². The number of carbonyl (C=O) groups is 1. The van der Waals surface area contributed by atoms with Crippen molar-refractivity contribution in [1.82, 2.24) is 29.8 Å². The Morgan fingerprint density at radius 3 is 3.00 bits per heavy atom. The SMILES string of the molecule is CCOC(=O)c1nc(-c2cnn3ccc(N4CCC[C@@H]4c4cc(F)ccc4F)nc23)n[nH]1. The number of hydrogen-bond donors (Lipinski definition) is 1. The molecule has 0 aliphatic carbocycles. The number of nitrogens with one attached hydrogen (secondary N) is 1. The summed E-state index contributed by atoms with van der Waals surface area (Å²) in [7, 11) is 0. The van der Waals surface area contributed by atoms with Crippen molar-refractivity contribution >= 4 is 17.4 Å². The average molecular weight is 439 g/mol. The smallest absolute Gasteiger partial charge is 0.375 e. The number of rotatable bonds is 5. The fourth-order valence-electron chi connectivity index (χ4n) is 3.98. The lowest BCUT2D eigenvalue weighted by atomic mass is 10.0. The minimum absolute atomic E-state index is 0.0152. The van der Waals surface area contributed by atoms with Gasteiger partial charge in [0.1, 0.15) is 17.5 Å². The van der Waals surface area contributed by atoms with Crippen molar-refractivity contribution < 1.29 is 18.3 Å². The van der Waals surface area contributed by atoms with E-state index in [1.54, 1.807) is 29.9 Å². The molecule has 0 amide bonds. The molecule has 4 aromatic rings. The number of nitrogens with zero attached hydrogens (tertiary/aromatic N) is 6. The van der Waals surface area contributed by atoms with Crippen LogP contribution in [0.2, 0.25) is 0 Å². The molecule has 0 saturated carbocycles. The first-order chi connectivity index (χ1) is 15.5. The van der Waals surface area contributed by atoms with Gasteiger partial charge in [-0.2, -0.15) is 10.2 Å². The third kappa shape index (κ3) is 3.45. The molecule has 0 spiro atoms. The second kappa shape index (κ2) is 7.98. The van der Waals surface area contributed by atoms with Gasteiger partial charge in [0.2, 0.25) is 5.82 Å². The molecule has 1 aliphatic heterocycles. The van der Waals surface area contributed by atoms with Crippen molar-refractivity contribution in [3.63, 3.8) is 0 Å². The molecule has 9 nitrogen and oxygen atoms in total. The van der Waals surface area contributed by atoms with Gasteiger partial charge in [0.15, 0.2) is 11.5 Å². The summed E-state index contributed by atoms with van der Waals surface area (Å²) in [5.74, 6) is -0.682. The molecule has 1 aliphatic rings. The van der Waals surface area contributed by atoms with E-state index in [0.717, 1.165) is 18.6 Å². The van der Waals surface area contributed by atoms with E-state index in [1.165, 1.54) is 6.07 Å². The van der Waals surface area contributed by atoms with E-state index in [1.807, 2.05) is 4.90 Å². The summed E-state index contributed by atoms with van der Waals surface area (Å²) in [5, 5.41) is 10.9. The molecule has 1 atom stereocenters. The fourth-order valence-corrected chi connectivity index (χ4v) is 3.98. The number of esters is 1. The predicted octanol–water partition coefficient (Wildman–Crippen LogP) is 3.31. The Bertz CT molecular complexity index is 1300. The Morgan fingerprint density at radius 1 is 1.28 bits per heavy atom. The number of ether oxygens (including phenoxy) is 1. The molecular weight excluding hydrogens is 420 g/mol. The van der Waals surface area contributed by atoms with Gasteiger partial charge in [0.25, 0.3) is 0 Å². The molecule has 1 N–H and O–H groups in total. The number of carbonyl (C=O) groups excluding carboxylic acids is 1. The maximum absolute atomic E-state index is 14.4. The summed E-state index contributed by atoms with van der Waals surface area (Å²) in [6.45, 7) is 2.58. The van der Waals surface area contributed by atoms with Crippen LogP contribution in [0.3, 0.4) is 0 Å². The Labute approximate surface area is 181 Å². The largest absolute Gasteiger partial charge is 0.460 e. The number of fused-ring (bicyclic) bond motifs is 1. The quantitative estimate of drug-likeness (QED) is 0.476. The highest BCUT2D eigenvalue weighted by molar-refractivity contribution is 5.86. The highest BCUT2D eigenvalue weighted by atomic mass is 19.1. The lowest BCUT2D eigenvalue weighted by molar-refractivity contribution is 0.0512. The lowest BCUT2D eigenvalue weighted by Gasteiger charge is -2.26. The van der Waals surface area contributed by atoms with Gasteiger partial charge in [-0.3, -0.25) is 5.10 Å². The van der Waals surface area contributed by atoms with Crippen LogP contribution in [0.15, 0.2) is 36.7 Å². The van der Waals surface area contributed by atoms with Crippen LogP contribution in [0.25, 0.3) is 17.0 Å². The van der Waals surface area contributed by atoms with Gasteiger partial charge in [-0.1, -0.05) is 0 Å². The van der Waals surface area contributed by atoms with Crippen molar-refractivity contribution in [2.24, 2.45) is 0 Å². The second-order valence-corrected chi connectivity index (χ2v) is 7.36. The molecule has 32 heavy (non-hydrogen) atoms. The van der Waals surface area contributed by atoms with Gasteiger partial charge in [-0.15, -0.1) is 0 Å². The highest BCUT2D eigenvalue weighted by Gasteiger charge is 2.30. The van der Waals surface area contributed by atoms with Crippen molar-refractivity contribution in [3.05, 3.63) is 59.7 Å². The number of hydrogen-bond acceptors (Lipinski definition) is 7. The molecule has 0 radical (unpaired) electrons. The second-order valence-electron chi connectivity index (χ2n) is 7.36. The maximum Gasteiger partial charge on any atom is 0.375 e. The monoisotopic (exact) mass is 439 g/mol. The summed E-state index contributed by atoms with van der Waals surface area (Å²) in [5.41, 5.74) is 1.31. The first-order valence-corrected chi connectivity index (χ1v) is 10.2. The summed E-state index contributed by atoms with van der Waals surface area (Å²) >= 11 is 0. The Hall–Kier alpha value is -3.89. The average Bonchev–Trinajstić information content (AvgIpc) is 3.54. The van der Waals surface area contributed by atoms with E-state index in [2.05, 4.69) is 20.3 Å². The number of H-pyrrole nitrogens is 1. The molecule has 1 fully saturated rings. The van der Waals surface area contributed by atoms with E-state index >= 15 is 0 Å². The van der Waals surface area contributed by atoms with Gasteiger partial charge < -0.3 is 9.64 Å². The van der Waals surface area contributed by atoms with Crippen LogP contribution in [0, 0.1) is 11.6 Å². The maximum atomic E-state index is 14.4. The standard InChI is InChI=1S/C21H19F2N7O2/c1-2-32-21(31)19-26-18(27-28-19)14-11-24-30-9-7-17(25-20(14)30)29-8-3-4-16(29)13-10-12(22)5-6-15(13)23/h5-7,9-11,16H,2-4,8H2,1H3,(H,26,27,28)/t16-/m1/s1. The van der Waals surface area contributed by atoms with E-state index in [0.29, 0.717) is 35.6 Å². The Balaban J connectivity index is 1.51. The number of halogens is 2. The Kier molecular flexibility index (Phi) is 5.00. The van der Waals surface area contributed by atoms with E-state index < -0.39 is 17.6 Å². The predicted molar refractivity (Wildman–Crippen MR) is 110 cm³/mol. The van der Waals surface area contributed by atoms with Crippen LogP contribution in [-0.2, 0) is 4.74 Å². The lowest BCUT2D eigenvalue weighted by Crippen LogP contribution is -2.24. The van der Waals surface area contributed by atoms with Crippen molar-refractivity contribution in [1.29, 1.82) is 0 Å². The molecular formula is C21H19F2N7O2. The van der Waals surface area contributed by atoms with Crippen molar-refractivity contribution in [2.45, 2.75) is 25.8 Å². The summed E-state index contributed by atoms with van der Waals surface area (Å²) < 4.78 is 34.7. The van der Waals surface area contributed by atoms with Crippen LogP contribution < -0.4 is 4.90 Å². The number of anilines is 1. The molecule has 1 saturated heterocycles. The number of aromatic amines is 1. The first kappa shape index (κ1) is 20.0. The number of benzene rings is 1. The molecule has 3 aromatic heterocycles. The number of aromatic nitrogens is 6. The normalized spacial score (nSPS) is 16.1. The molecule has 1 aromatic carbocycles. The zero-order valence-corrected chi connectivity index (χ0v) is 17.1. The van der Waals surface area contributed by atoms with Crippen LogP contribution >= 0.6 is 0 Å². The van der Waals surface area contributed by atoms with Crippen LogP contribution in [0.1, 0.15) is 42.0 Å². The summed E-state index contributed by atoms with van der Waals surface area (Å²) in [6.07, 6.45) is 4.79. The Morgan fingerprint density at radius 2 is 2.16 bits per heavy atom. The van der Waals surface area contributed by atoms with Crippen molar-refractivity contribution in [2.75, 3.05) is 18.1 Å². The van der Waals surface area contributed by atoms with Crippen LogP contribution in [0.5, 0.6) is 0 Å². The third-order valence-electron chi connectivity index (χ3n) is 5.41. The van der Waals surface area contributed by atoms with Gasteiger partial charge in [-0.05, 0) is 44.0 Å². The fraction of sp³-hybridized carbons (Fsp3) is 0.286. The third-order valence-corrected chi connectivity index (χ3v) is 5.41. The molecule has 5 rings (SSSR count). The molecule has 11 heteroatoms. The van der Waals surface area contributed by atoms with Gasteiger partial charge in [-0.25, -0.2) is 28.1 Å². The topological polar surface area (TPSA) is 101 Å². The minimum Gasteiger partial charge on any atom is -0.460 e. The van der Waals surface area contributed by atoms with Gasteiger partial charge in [0.05, 0.1) is 24.4 Å². The highest BCUT2D eigenvalue weighted by Crippen LogP contribution is 2.37. The van der Waals surface area contributed by atoms with Crippen LogP contribution in [-0.4, -0.2) is 48.9 Å². The molecule has 0 unspecified atom stereocenters. The van der Waals surface area contributed by atoms with E-state index in [4.69, 9.17) is 9.72 Å². The van der Waals surface area contributed by atoms with Gasteiger partial charge >= 0.3 is 5.97 Å².